The van der Waals surface area contributed by atoms with Gasteiger partial charge in [0.15, 0.2) is 0 Å². The summed E-state index contributed by atoms with van der Waals surface area (Å²) >= 11 is 9.46. The van der Waals surface area contributed by atoms with E-state index in [9.17, 15) is 0 Å². The van der Waals surface area contributed by atoms with Gasteiger partial charge >= 0.3 is 0 Å². The highest BCUT2D eigenvalue weighted by Crippen LogP contribution is 2.37. The van der Waals surface area contributed by atoms with E-state index in [1.54, 1.807) is 11.3 Å². The van der Waals surface area contributed by atoms with E-state index < -0.39 is 0 Å². The maximum absolute atomic E-state index is 5.76. The van der Waals surface area contributed by atoms with Crippen LogP contribution in [0, 0.1) is 0 Å². The van der Waals surface area contributed by atoms with Gasteiger partial charge in [-0.05, 0) is 28.4 Å². The standard InChI is InChI=1S/C12H19BrN2S3/c1-7-8(2)18-12(6-16-7)11(15-14)4-10-3-9(13)5-17-10/h3,5,7-8,11-12,15H,4,6,14H2,1-2H3. The zero-order chi connectivity index (χ0) is 13.1. The third kappa shape index (κ3) is 3.90. The summed E-state index contributed by atoms with van der Waals surface area (Å²) in [5.74, 6) is 6.95. The fourth-order valence-electron chi connectivity index (χ4n) is 1.99. The van der Waals surface area contributed by atoms with E-state index in [4.69, 9.17) is 5.84 Å². The molecule has 1 fully saturated rings. The number of nitrogens with two attached hydrogens (primary N) is 1. The molecule has 1 aliphatic heterocycles. The number of nitrogens with one attached hydrogen (secondary N) is 1. The van der Waals surface area contributed by atoms with E-state index in [0.717, 1.165) is 11.7 Å². The smallest absolute Gasteiger partial charge is 0.0385 e. The first kappa shape index (κ1) is 15.2. The van der Waals surface area contributed by atoms with Crippen LogP contribution >= 0.6 is 50.8 Å². The van der Waals surface area contributed by atoms with Crippen molar-refractivity contribution >= 4 is 50.8 Å². The minimum Gasteiger partial charge on any atom is -0.271 e. The topological polar surface area (TPSA) is 38.0 Å². The van der Waals surface area contributed by atoms with E-state index in [0.29, 0.717) is 16.5 Å². The summed E-state index contributed by atoms with van der Waals surface area (Å²) < 4.78 is 1.17. The van der Waals surface area contributed by atoms with Crippen molar-refractivity contribution in [3.05, 3.63) is 20.8 Å². The Balaban J connectivity index is 1.96. The molecule has 0 aliphatic carbocycles. The van der Waals surface area contributed by atoms with E-state index in [2.05, 4.69) is 70.2 Å². The Labute approximate surface area is 130 Å². The number of hydrazine groups is 1. The number of halogens is 1. The lowest BCUT2D eigenvalue weighted by molar-refractivity contribution is 0.524. The SMILES string of the molecule is CC1SCC(C(Cc2cc(Br)cs2)NN)SC1C. The summed E-state index contributed by atoms with van der Waals surface area (Å²) in [5, 5.41) is 4.20. The molecule has 0 spiro atoms. The largest absolute Gasteiger partial charge is 0.271 e. The first-order chi connectivity index (χ1) is 8.60. The monoisotopic (exact) mass is 366 g/mol. The van der Waals surface area contributed by atoms with E-state index in [1.807, 2.05) is 0 Å². The fraction of sp³-hybridized carbons (Fsp3) is 0.667. The second-order valence-corrected chi connectivity index (χ2v) is 9.57. The van der Waals surface area contributed by atoms with Crippen molar-refractivity contribution in [3.63, 3.8) is 0 Å². The minimum atomic E-state index is 0.364. The van der Waals surface area contributed by atoms with Gasteiger partial charge in [-0.2, -0.15) is 23.5 Å². The Kier molecular flexibility index (Phi) is 5.90. The molecule has 4 unspecified atom stereocenters. The molecule has 0 saturated carbocycles. The molecular formula is C12H19BrN2S3. The van der Waals surface area contributed by atoms with Crippen LogP contribution in [0.4, 0.5) is 0 Å². The molecule has 0 aromatic carbocycles. The molecular weight excluding hydrogens is 348 g/mol. The predicted octanol–water partition coefficient (Wildman–Crippen LogP) is 3.51. The van der Waals surface area contributed by atoms with Gasteiger partial charge in [0.05, 0.1) is 0 Å². The highest BCUT2D eigenvalue weighted by atomic mass is 79.9. The molecule has 6 heteroatoms. The van der Waals surface area contributed by atoms with Crippen molar-refractivity contribution in [3.8, 4) is 0 Å². The van der Waals surface area contributed by atoms with Crippen molar-refractivity contribution < 1.29 is 0 Å². The summed E-state index contributed by atoms with van der Waals surface area (Å²) in [7, 11) is 0. The van der Waals surface area contributed by atoms with Gasteiger partial charge in [0.2, 0.25) is 0 Å². The van der Waals surface area contributed by atoms with Gasteiger partial charge < -0.3 is 0 Å². The average molecular weight is 367 g/mol. The molecule has 4 atom stereocenters. The second kappa shape index (κ2) is 6.99. The molecule has 1 saturated heterocycles. The van der Waals surface area contributed by atoms with Crippen molar-refractivity contribution in [1.82, 2.24) is 5.43 Å². The highest BCUT2D eigenvalue weighted by Gasteiger charge is 2.31. The molecule has 0 amide bonds. The molecule has 3 N–H and O–H groups in total. The number of thioether (sulfide) groups is 2. The van der Waals surface area contributed by atoms with Gasteiger partial charge in [-0.25, -0.2) is 0 Å². The number of hydrogen-bond donors (Lipinski definition) is 2. The molecule has 0 radical (unpaired) electrons. The average Bonchev–Trinajstić information content (AvgIpc) is 2.75. The van der Waals surface area contributed by atoms with Crippen LogP contribution in [0.15, 0.2) is 15.9 Å². The summed E-state index contributed by atoms with van der Waals surface area (Å²) in [5.41, 5.74) is 3.02. The maximum Gasteiger partial charge on any atom is 0.0385 e. The summed E-state index contributed by atoms with van der Waals surface area (Å²) in [6.07, 6.45) is 1.02. The Morgan fingerprint density at radius 1 is 1.50 bits per heavy atom. The Morgan fingerprint density at radius 2 is 2.28 bits per heavy atom. The molecule has 1 aromatic rings. The van der Waals surface area contributed by atoms with Gasteiger partial charge in [-0.3, -0.25) is 11.3 Å². The number of thiophene rings is 1. The second-order valence-electron chi connectivity index (χ2n) is 4.63. The van der Waals surface area contributed by atoms with E-state index in [-0.39, 0.29) is 0 Å². The lowest BCUT2D eigenvalue weighted by atomic mass is 10.1. The zero-order valence-electron chi connectivity index (χ0n) is 10.6. The lowest BCUT2D eigenvalue weighted by Gasteiger charge is -2.35. The Bertz CT molecular complexity index is 385. The first-order valence-corrected chi connectivity index (χ1v) is 9.72. The minimum absolute atomic E-state index is 0.364. The van der Waals surface area contributed by atoms with Gasteiger partial charge in [0, 0.05) is 42.3 Å². The third-order valence-electron chi connectivity index (χ3n) is 3.28. The number of rotatable bonds is 4. The van der Waals surface area contributed by atoms with Gasteiger partial charge in [0.1, 0.15) is 0 Å². The van der Waals surface area contributed by atoms with Crippen molar-refractivity contribution in [1.29, 1.82) is 0 Å². The molecule has 18 heavy (non-hydrogen) atoms. The maximum atomic E-state index is 5.76. The Morgan fingerprint density at radius 3 is 2.83 bits per heavy atom. The Hall–Kier alpha value is 0.800. The fourth-order valence-corrected chi connectivity index (χ4v) is 6.62. The van der Waals surface area contributed by atoms with Crippen LogP contribution in [0.3, 0.4) is 0 Å². The quantitative estimate of drug-likeness (QED) is 0.631. The van der Waals surface area contributed by atoms with Crippen molar-refractivity contribution in [2.24, 2.45) is 5.84 Å². The summed E-state index contributed by atoms with van der Waals surface area (Å²) in [6, 6.07) is 2.56. The molecule has 2 nitrogen and oxygen atoms in total. The third-order valence-corrected chi connectivity index (χ3v) is 8.55. The van der Waals surface area contributed by atoms with Gasteiger partial charge in [-0.15, -0.1) is 11.3 Å². The van der Waals surface area contributed by atoms with Crippen LogP contribution in [-0.4, -0.2) is 27.5 Å². The van der Waals surface area contributed by atoms with Crippen LogP contribution in [0.25, 0.3) is 0 Å². The van der Waals surface area contributed by atoms with Crippen molar-refractivity contribution in [2.75, 3.05) is 5.75 Å². The van der Waals surface area contributed by atoms with Gasteiger partial charge in [-0.1, -0.05) is 13.8 Å². The lowest BCUT2D eigenvalue weighted by Crippen LogP contribution is -2.47. The van der Waals surface area contributed by atoms with Gasteiger partial charge in [0.25, 0.3) is 0 Å². The van der Waals surface area contributed by atoms with Crippen LogP contribution in [0.1, 0.15) is 18.7 Å². The van der Waals surface area contributed by atoms with Crippen molar-refractivity contribution in [2.45, 2.75) is 42.1 Å². The molecule has 2 heterocycles. The molecule has 1 aliphatic rings. The van der Waals surface area contributed by atoms with Crippen LogP contribution < -0.4 is 11.3 Å². The molecule has 1 aromatic heterocycles. The van der Waals surface area contributed by atoms with Crippen LogP contribution in [0.2, 0.25) is 0 Å². The summed E-state index contributed by atoms with van der Waals surface area (Å²) in [6.45, 7) is 4.64. The normalized spacial score (nSPS) is 30.3. The molecule has 2 rings (SSSR count). The van der Waals surface area contributed by atoms with Crippen LogP contribution in [0.5, 0.6) is 0 Å². The van der Waals surface area contributed by atoms with E-state index >= 15 is 0 Å². The predicted molar refractivity (Wildman–Crippen MR) is 89.6 cm³/mol. The van der Waals surface area contributed by atoms with E-state index in [1.165, 1.54) is 15.1 Å². The molecule has 102 valence electrons. The van der Waals surface area contributed by atoms with Crippen LogP contribution in [-0.2, 0) is 6.42 Å². The number of hydrogen-bond acceptors (Lipinski definition) is 5. The molecule has 0 bridgehead atoms. The zero-order valence-corrected chi connectivity index (χ0v) is 14.6. The summed E-state index contributed by atoms with van der Waals surface area (Å²) in [4.78, 5) is 1.39. The first-order valence-electron chi connectivity index (χ1n) is 6.06. The highest BCUT2D eigenvalue weighted by molar-refractivity contribution is 9.10.